The molecule has 0 bridgehead atoms. The van der Waals surface area contributed by atoms with Crippen LogP contribution >= 0.6 is 11.6 Å². The lowest BCUT2D eigenvalue weighted by Gasteiger charge is -2.11. The fourth-order valence-corrected chi connectivity index (χ4v) is 3.03. The number of carbonyl (C=O) groups is 1. The topological polar surface area (TPSA) is 56.1 Å². The van der Waals surface area contributed by atoms with Crippen LogP contribution in [0.4, 0.5) is 0 Å². The van der Waals surface area contributed by atoms with Gasteiger partial charge in [-0.3, -0.25) is 4.79 Å². The molecule has 0 aliphatic heterocycles. The second-order valence-corrected chi connectivity index (χ2v) is 6.98. The number of hydrogen-bond donors (Lipinski definition) is 1. The van der Waals surface area contributed by atoms with Gasteiger partial charge in [0.1, 0.15) is 18.1 Å². The van der Waals surface area contributed by atoms with Crippen molar-refractivity contribution in [1.82, 2.24) is 14.9 Å². The summed E-state index contributed by atoms with van der Waals surface area (Å²) < 4.78 is 7.15. The standard InChI is InChI=1S/C21H22ClN3O2/c1-14(2)23-20(26)13-25-12-19(15-6-5-9-18(11-15)27-3)24-21(25)16-7-4-8-17(22)10-16/h4-12,14H,13H2,1-3H3,(H,23,26). The van der Waals surface area contributed by atoms with Crippen molar-refractivity contribution in [3.05, 3.63) is 59.8 Å². The highest BCUT2D eigenvalue weighted by Gasteiger charge is 2.15. The normalized spacial score (nSPS) is 10.9. The molecular formula is C21H22ClN3O2. The minimum absolute atomic E-state index is 0.0668. The molecule has 27 heavy (non-hydrogen) atoms. The van der Waals surface area contributed by atoms with Gasteiger partial charge in [0, 0.05) is 28.4 Å². The zero-order valence-corrected chi connectivity index (χ0v) is 16.3. The van der Waals surface area contributed by atoms with Crippen LogP contribution in [0, 0.1) is 0 Å². The number of hydrogen-bond acceptors (Lipinski definition) is 3. The molecule has 0 fully saturated rings. The Morgan fingerprint density at radius 1 is 1.19 bits per heavy atom. The molecule has 140 valence electrons. The number of amides is 1. The Hall–Kier alpha value is -2.79. The Kier molecular flexibility index (Phi) is 5.81. The number of ether oxygens (including phenoxy) is 1. The highest BCUT2D eigenvalue weighted by Crippen LogP contribution is 2.28. The molecule has 1 amide bonds. The van der Waals surface area contributed by atoms with Crippen molar-refractivity contribution in [2.75, 3.05) is 7.11 Å². The first kappa shape index (κ1) is 19.0. The monoisotopic (exact) mass is 383 g/mol. The number of nitrogens with one attached hydrogen (secondary N) is 1. The zero-order chi connectivity index (χ0) is 19.4. The van der Waals surface area contributed by atoms with E-state index in [9.17, 15) is 4.79 Å². The first-order chi connectivity index (χ1) is 13.0. The van der Waals surface area contributed by atoms with Crippen LogP contribution in [0.5, 0.6) is 5.75 Å². The molecule has 1 heterocycles. The fourth-order valence-electron chi connectivity index (χ4n) is 2.84. The summed E-state index contributed by atoms with van der Waals surface area (Å²) in [4.78, 5) is 17.1. The van der Waals surface area contributed by atoms with Crippen LogP contribution in [0.3, 0.4) is 0 Å². The summed E-state index contributed by atoms with van der Waals surface area (Å²) in [5.41, 5.74) is 2.54. The summed E-state index contributed by atoms with van der Waals surface area (Å²) in [5, 5.41) is 3.54. The van der Waals surface area contributed by atoms with E-state index in [1.165, 1.54) is 0 Å². The Bertz CT molecular complexity index is 950. The van der Waals surface area contributed by atoms with Crippen molar-refractivity contribution in [1.29, 1.82) is 0 Å². The van der Waals surface area contributed by atoms with Crippen molar-refractivity contribution in [3.63, 3.8) is 0 Å². The summed E-state index contributed by atoms with van der Waals surface area (Å²) in [6.07, 6.45) is 1.88. The largest absolute Gasteiger partial charge is 0.497 e. The van der Waals surface area contributed by atoms with Gasteiger partial charge >= 0.3 is 0 Å². The Morgan fingerprint density at radius 3 is 2.63 bits per heavy atom. The van der Waals surface area contributed by atoms with E-state index in [2.05, 4.69) is 5.32 Å². The van der Waals surface area contributed by atoms with Crippen molar-refractivity contribution in [2.45, 2.75) is 26.4 Å². The average molecular weight is 384 g/mol. The van der Waals surface area contributed by atoms with E-state index in [1.54, 1.807) is 7.11 Å². The second-order valence-electron chi connectivity index (χ2n) is 6.54. The van der Waals surface area contributed by atoms with Crippen molar-refractivity contribution >= 4 is 17.5 Å². The molecule has 0 aliphatic rings. The number of halogens is 1. The SMILES string of the molecule is COc1cccc(-c2cn(CC(=O)NC(C)C)c(-c3cccc(Cl)c3)n2)c1. The van der Waals surface area contributed by atoms with Gasteiger partial charge in [-0.15, -0.1) is 0 Å². The molecule has 5 nitrogen and oxygen atoms in total. The number of benzene rings is 2. The van der Waals surface area contributed by atoms with Crippen LogP contribution in [0.25, 0.3) is 22.6 Å². The summed E-state index contributed by atoms with van der Waals surface area (Å²) >= 11 is 6.15. The number of imidazole rings is 1. The van der Waals surface area contributed by atoms with E-state index in [4.69, 9.17) is 21.3 Å². The maximum atomic E-state index is 12.3. The lowest BCUT2D eigenvalue weighted by molar-refractivity contribution is -0.122. The highest BCUT2D eigenvalue weighted by molar-refractivity contribution is 6.30. The maximum absolute atomic E-state index is 12.3. The summed E-state index contributed by atoms with van der Waals surface area (Å²) in [6.45, 7) is 4.05. The van der Waals surface area contributed by atoms with Crippen LogP contribution in [0.2, 0.25) is 5.02 Å². The molecular weight excluding hydrogens is 362 g/mol. The molecule has 0 saturated carbocycles. The van der Waals surface area contributed by atoms with E-state index in [1.807, 2.05) is 73.1 Å². The third kappa shape index (κ3) is 4.68. The van der Waals surface area contributed by atoms with Crippen LogP contribution < -0.4 is 10.1 Å². The lowest BCUT2D eigenvalue weighted by atomic mass is 10.1. The average Bonchev–Trinajstić information content (AvgIpc) is 3.05. The van der Waals surface area contributed by atoms with Gasteiger partial charge in [-0.25, -0.2) is 4.98 Å². The van der Waals surface area contributed by atoms with Gasteiger partial charge in [0.15, 0.2) is 0 Å². The minimum atomic E-state index is -0.0668. The smallest absolute Gasteiger partial charge is 0.240 e. The van der Waals surface area contributed by atoms with Crippen LogP contribution in [0.15, 0.2) is 54.7 Å². The van der Waals surface area contributed by atoms with Crippen LogP contribution in [-0.4, -0.2) is 28.6 Å². The summed E-state index contributed by atoms with van der Waals surface area (Å²) in [7, 11) is 1.63. The molecule has 3 aromatic rings. The van der Waals surface area contributed by atoms with Gasteiger partial charge in [0.25, 0.3) is 0 Å². The van der Waals surface area contributed by atoms with Crippen molar-refractivity contribution in [2.24, 2.45) is 0 Å². The number of aromatic nitrogens is 2. The number of nitrogens with zero attached hydrogens (tertiary/aromatic N) is 2. The van der Waals surface area contributed by atoms with Gasteiger partial charge < -0.3 is 14.6 Å². The third-order valence-corrected chi connectivity index (χ3v) is 4.22. The van der Waals surface area contributed by atoms with Gasteiger partial charge in [-0.05, 0) is 38.1 Å². The van der Waals surface area contributed by atoms with Gasteiger partial charge in [0.05, 0.1) is 12.8 Å². The van der Waals surface area contributed by atoms with E-state index in [-0.39, 0.29) is 18.5 Å². The first-order valence-corrected chi connectivity index (χ1v) is 9.11. The Labute approximate surface area is 164 Å². The van der Waals surface area contributed by atoms with Crippen molar-refractivity contribution in [3.8, 4) is 28.4 Å². The predicted molar refractivity (Wildman–Crippen MR) is 108 cm³/mol. The molecule has 0 atom stereocenters. The predicted octanol–water partition coefficient (Wildman–Crippen LogP) is 4.40. The van der Waals surface area contributed by atoms with Crippen molar-refractivity contribution < 1.29 is 9.53 Å². The molecule has 1 N–H and O–H groups in total. The third-order valence-electron chi connectivity index (χ3n) is 3.99. The van der Waals surface area contributed by atoms with E-state index in [0.717, 1.165) is 22.6 Å². The van der Waals surface area contributed by atoms with E-state index < -0.39 is 0 Å². The first-order valence-electron chi connectivity index (χ1n) is 8.73. The minimum Gasteiger partial charge on any atom is -0.497 e. The number of carbonyl (C=O) groups excluding carboxylic acids is 1. The van der Waals surface area contributed by atoms with Gasteiger partial charge in [-0.2, -0.15) is 0 Å². The number of rotatable bonds is 6. The van der Waals surface area contributed by atoms with Crippen LogP contribution in [0.1, 0.15) is 13.8 Å². The molecule has 0 aliphatic carbocycles. The molecule has 3 rings (SSSR count). The molecule has 0 spiro atoms. The highest BCUT2D eigenvalue weighted by atomic mass is 35.5. The maximum Gasteiger partial charge on any atom is 0.240 e. The molecule has 0 radical (unpaired) electrons. The number of methoxy groups -OCH3 is 1. The zero-order valence-electron chi connectivity index (χ0n) is 15.6. The van der Waals surface area contributed by atoms with Gasteiger partial charge in [0.2, 0.25) is 5.91 Å². The fraction of sp³-hybridized carbons (Fsp3) is 0.238. The molecule has 0 unspecified atom stereocenters. The van der Waals surface area contributed by atoms with E-state index in [0.29, 0.717) is 10.8 Å². The second kappa shape index (κ2) is 8.27. The molecule has 2 aromatic carbocycles. The molecule has 1 aromatic heterocycles. The van der Waals surface area contributed by atoms with Crippen LogP contribution in [-0.2, 0) is 11.3 Å². The lowest BCUT2D eigenvalue weighted by Crippen LogP contribution is -2.33. The summed E-state index contributed by atoms with van der Waals surface area (Å²) in [5.74, 6) is 1.38. The van der Waals surface area contributed by atoms with E-state index >= 15 is 0 Å². The quantitative estimate of drug-likeness (QED) is 0.686. The summed E-state index contributed by atoms with van der Waals surface area (Å²) in [6, 6.07) is 15.2. The molecule has 6 heteroatoms. The Balaban J connectivity index is 2.03. The molecule has 0 saturated heterocycles. The van der Waals surface area contributed by atoms with Gasteiger partial charge in [-0.1, -0.05) is 35.9 Å². The Morgan fingerprint density at radius 2 is 1.93 bits per heavy atom.